The van der Waals surface area contributed by atoms with Crippen LogP contribution >= 0.6 is 0 Å². The monoisotopic (exact) mass is 197 g/mol. The van der Waals surface area contributed by atoms with Gasteiger partial charge in [-0.15, -0.1) is 0 Å². The van der Waals surface area contributed by atoms with Crippen molar-refractivity contribution in [3.05, 3.63) is 0 Å². The van der Waals surface area contributed by atoms with Gasteiger partial charge in [-0.05, 0) is 32.7 Å². The molecule has 4 atom stereocenters. The minimum Gasteiger partial charge on any atom is -0.393 e. The van der Waals surface area contributed by atoms with Crippen LogP contribution in [0, 0.1) is 5.92 Å². The zero-order valence-corrected chi connectivity index (χ0v) is 9.45. The average Bonchev–Trinajstić information content (AvgIpc) is 2.18. The van der Waals surface area contributed by atoms with Crippen LogP contribution in [0.4, 0.5) is 0 Å². The Kier molecular flexibility index (Phi) is 3.13. The van der Waals surface area contributed by atoms with E-state index in [1.807, 2.05) is 0 Å². The van der Waals surface area contributed by atoms with E-state index in [-0.39, 0.29) is 6.10 Å². The molecule has 2 heteroatoms. The van der Waals surface area contributed by atoms with Crippen molar-refractivity contribution in [1.82, 2.24) is 4.90 Å². The molecule has 82 valence electrons. The molecule has 2 rings (SSSR count). The Hall–Kier alpha value is -0.0800. The van der Waals surface area contributed by atoms with Crippen molar-refractivity contribution in [3.8, 4) is 0 Å². The van der Waals surface area contributed by atoms with Crippen molar-refractivity contribution in [1.29, 1.82) is 0 Å². The van der Waals surface area contributed by atoms with E-state index < -0.39 is 0 Å². The molecule has 1 saturated carbocycles. The lowest BCUT2D eigenvalue weighted by Crippen LogP contribution is -2.56. The maximum atomic E-state index is 10.1. The molecule has 4 unspecified atom stereocenters. The molecule has 14 heavy (non-hydrogen) atoms. The third kappa shape index (κ3) is 1.70. The fourth-order valence-corrected chi connectivity index (χ4v) is 3.53. The van der Waals surface area contributed by atoms with Gasteiger partial charge in [-0.1, -0.05) is 19.8 Å². The van der Waals surface area contributed by atoms with Gasteiger partial charge in [-0.25, -0.2) is 0 Å². The molecule has 1 heterocycles. The number of aliphatic hydroxyl groups excluding tert-OH is 1. The first kappa shape index (κ1) is 10.4. The minimum atomic E-state index is -0.0295. The molecule has 1 saturated heterocycles. The molecule has 0 aromatic rings. The number of nitrogens with zero attached hydrogens (tertiary/aromatic N) is 1. The van der Waals surface area contributed by atoms with Gasteiger partial charge in [-0.2, -0.15) is 0 Å². The largest absolute Gasteiger partial charge is 0.393 e. The van der Waals surface area contributed by atoms with Crippen molar-refractivity contribution >= 4 is 0 Å². The van der Waals surface area contributed by atoms with Crippen LogP contribution in [-0.2, 0) is 0 Å². The highest BCUT2D eigenvalue weighted by atomic mass is 16.3. The van der Waals surface area contributed by atoms with Gasteiger partial charge in [0.05, 0.1) is 6.10 Å². The van der Waals surface area contributed by atoms with Crippen LogP contribution in [-0.4, -0.2) is 34.7 Å². The topological polar surface area (TPSA) is 23.5 Å². The maximum absolute atomic E-state index is 10.1. The zero-order valence-electron chi connectivity index (χ0n) is 9.45. The van der Waals surface area contributed by atoms with Gasteiger partial charge in [0, 0.05) is 18.0 Å². The first-order chi connectivity index (χ1) is 6.74. The third-order valence-electron chi connectivity index (χ3n) is 4.22. The molecule has 0 radical (unpaired) electrons. The molecule has 0 amide bonds. The van der Waals surface area contributed by atoms with Gasteiger partial charge < -0.3 is 5.11 Å². The molecule has 2 aliphatic rings. The molecule has 1 N–H and O–H groups in total. The van der Waals surface area contributed by atoms with E-state index in [0.29, 0.717) is 18.0 Å². The zero-order chi connectivity index (χ0) is 10.1. The van der Waals surface area contributed by atoms with Crippen molar-refractivity contribution in [2.45, 2.75) is 64.1 Å². The molecule has 2 nitrogen and oxygen atoms in total. The number of likely N-dealkylation sites (tertiary alicyclic amines) is 1. The highest BCUT2D eigenvalue weighted by Crippen LogP contribution is 2.37. The Morgan fingerprint density at radius 3 is 2.71 bits per heavy atom. The van der Waals surface area contributed by atoms with Gasteiger partial charge >= 0.3 is 0 Å². The van der Waals surface area contributed by atoms with Crippen LogP contribution in [0.15, 0.2) is 0 Å². The van der Waals surface area contributed by atoms with Crippen LogP contribution < -0.4 is 0 Å². The summed E-state index contributed by atoms with van der Waals surface area (Å²) in [5.74, 6) is 0.569. The number of hydrogen-bond donors (Lipinski definition) is 1. The summed E-state index contributed by atoms with van der Waals surface area (Å²) in [6.07, 6.45) is 6.18. The van der Waals surface area contributed by atoms with E-state index in [1.165, 1.54) is 25.7 Å². The SMILES string of the molecule is CCN1C(C)CC(O)C2CCCCC21. The van der Waals surface area contributed by atoms with Gasteiger partial charge in [0.15, 0.2) is 0 Å². The first-order valence-corrected chi connectivity index (χ1v) is 6.17. The highest BCUT2D eigenvalue weighted by molar-refractivity contribution is 4.94. The number of piperidine rings is 1. The second-order valence-corrected chi connectivity index (χ2v) is 5.00. The molecule has 2 fully saturated rings. The quantitative estimate of drug-likeness (QED) is 0.695. The summed E-state index contributed by atoms with van der Waals surface area (Å²) in [5.41, 5.74) is 0. The Labute approximate surface area is 87.3 Å². The number of aliphatic hydroxyl groups is 1. The fourth-order valence-electron chi connectivity index (χ4n) is 3.53. The van der Waals surface area contributed by atoms with Crippen LogP contribution in [0.3, 0.4) is 0 Å². The second-order valence-electron chi connectivity index (χ2n) is 5.00. The van der Waals surface area contributed by atoms with Crippen molar-refractivity contribution in [3.63, 3.8) is 0 Å². The Morgan fingerprint density at radius 1 is 1.29 bits per heavy atom. The van der Waals surface area contributed by atoms with Crippen molar-refractivity contribution in [2.75, 3.05) is 6.54 Å². The third-order valence-corrected chi connectivity index (χ3v) is 4.22. The number of fused-ring (bicyclic) bond motifs is 1. The van der Waals surface area contributed by atoms with Crippen molar-refractivity contribution in [2.24, 2.45) is 5.92 Å². The standard InChI is InChI=1S/C12H23NO/c1-3-13-9(2)8-12(14)10-6-4-5-7-11(10)13/h9-12,14H,3-8H2,1-2H3. The fraction of sp³-hybridized carbons (Fsp3) is 1.00. The molecule has 1 aliphatic heterocycles. The summed E-state index contributed by atoms with van der Waals surface area (Å²) in [6.45, 7) is 5.66. The lowest BCUT2D eigenvalue weighted by atomic mass is 9.75. The first-order valence-electron chi connectivity index (χ1n) is 6.17. The van der Waals surface area contributed by atoms with E-state index >= 15 is 0 Å². The van der Waals surface area contributed by atoms with Crippen LogP contribution in [0.5, 0.6) is 0 Å². The van der Waals surface area contributed by atoms with Gasteiger partial charge in [0.1, 0.15) is 0 Å². The molecule has 0 spiro atoms. The summed E-state index contributed by atoms with van der Waals surface area (Å²) in [4.78, 5) is 2.61. The smallest absolute Gasteiger partial charge is 0.0598 e. The molecule has 1 aliphatic carbocycles. The van der Waals surface area contributed by atoms with Gasteiger partial charge in [0.25, 0.3) is 0 Å². The van der Waals surface area contributed by atoms with E-state index in [0.717, 1.165) is 13.0 Å². The van der Waals surface area contributed by atoms with Crippen LogP contribution in [0.2, 0.25) is 0 Å². The van der Waals surface area contributed by atoms with Crippen LogP contribution in [0.1, 0.15) is 46.0 Å². The number of rotatable bonds is 1. The molecule has 0 bridgehead atoms. The lowest BCUT2D eigenvalue weighted by Gasteiger charge is -2.49. The lowest BCUT2D eigenvalue weighted by molar-refractivity contribution is -0.0596. The normalized spacial score (nSPS) is 44.8. The van der Waals surface area contributed by atoms with E-state index in [9.17, 15) is 5.11 Å². The summed E-state index contributed by atoms with van der Waals surface area (Å²) >= 11 is 0. The molecular weight excluding hydrogens is 174 g/mol. The molecular formula is C12H23NO. The minimum absolute atomic E-state index is 0.0295. The number of hydrogen-bond acceptors (Lipinski definition) is 2. The maximum Gasteiger partial charge on any atom is 0.0598 e. The Morgan fingerprint density at radius 2 is 2.00 bits per heavy atom. The molecule has 0 aromatic heterocycles. The predicted molar refractivity (Wildman–Crippen MR) is 58.2 cm³/mol. The summed E-state index contributed by atoms with van der Waals surface area (Å²) in [5, 5.41) is 10.1. The van der Waals surface area contributed by atoms with E-state index in [2.05, 4.69) is 18.7 Å². The van der Waals surface area contributed by atoms with Gasteiger partial charge in [-0.3, -0.25) is 4.90 Å². The highest BCUT2D eigenvalue weighted by Gasteiger charge is 2.40. The summed E-state index contributed by atoms with van der Waals surface area (Å²) < 4.78 is 0. The Bertz CT molecular complexity index is 185. The summed E-state index contributed by atoms with van der Waals surface area (Å²) in [7, 11) is 0. The summed E-state index contributed by atoms with van der Waals surface area (Å²) in [6, 6.07) is 1.25. The second kappa shape index (κ2) is 4.19. The average molecular weight is 197 g/mol. The van der Waals surface area contributed by atoms with E-state index in [4.69, 9.17) is 0 Å². The predicted octanol–water partition coefficient (Wildman–Crippen LogP) is 2.02. The van der Waals surface area contributed by atoms with E-state index in [1.54, 1.807) is 0 Å². The molecule has 0 aromatic carbocycles. The van der Waals surface area contributed by atoms with Gasteiger partial charge in [0.2, 0.25) is 0 Å². The van der Waals surface area contributed by atoms with Crippen molar-refractivity contribution < 1.29 is 5.11 Å². The Balaban J connectivity index is 2.11. The van der Waals surface area contributed by atoms with Crippen LogP contribution in [0.25, 0.3) is 0 Å².